The Bertz CT molecular complexity index is 532. The Morgan fingerprint density at radius 1 is 1.42 bits per heavy atom. The van der Waals surface area contributed by atoms with Crippen LogP contribution in [0.25, 0.3) is 0 Å². The Balaban J connectivity index is 2.64. The molecule has 0 saturated heterocycles. The Morgan fingerprint density at radius 2 is 2.05 bits per heavy atom. The molecule has 0 fully saturated rings. The van der Waals surface area contributed by atoms with Crippen molar-refractivity contribution >= 4 is 27.3 Å². The van der Waals surface area contributed by atoms with Crippen LogP contribution in [0.3, 0.4) is 0 Å². The molecule has 0 aliphatic carbocycles. The van der Waals surface area contributed by atoms with Gasteiger partial charge in [0, 0.05) is 4.88 Å². The highest BCUT2D eigenvalue weighted by Crippen LogP contribution is 2.24. The largest absolute Gasteiger partial charge is 0.346 e. The van der Waals surface area contributed by atoms with E-state index in [1.165, 1.54) is 0 Å². The van der Waals surface area contributed by atoms with Crippen LogP contribution in [0, 0.1) is 13.8 Å². The molecule has 6 nitrogen and oxygen atoms in total. The molecule has 0 aliphatic heterocycles. The van der Waals surface area contributed by atoms with Gasteiger partial charge in [-0.3, -0.25) is 4.79 Å². The van der Waals surface area contributed by atoms with E-state index < -0.39 is 10.0 Å². The van der Waals surface area contributed by atoms with Crippen LogP contribution in [0.2, 0.25) is 0 Å². The number of aromatic nitrogens is 1. The van der Waals surface area contributed by atoms with Crippen LogP contribution >= 0.6 is 11.3 Å². The molecular weight excluding hydrogens is 286 g/mol. The number of carbonyl (C=O) groups is 1. The fourth-order valence-corrected chi connectivity index (χ4v) is 2.88. The number of thiazole rings is 1. The first kappa shape index (κ1) is 16.1. The van der Waals surface area contributed by atoms with Crippen molar-refractivity contribution in [3.8, 4) is 0 Å². The number of sulfonamides is 1. The third-order valence-corrected chi connectivity index (χ3v) is 4.44. The van der Waals surface area contributed by atoms with Crippen molar-refractivity contribution in [1.29, 1.82) is 0 Å². The summed E-state index contributed by atoms with van der Waals surface area (Å²) in [5, 5.41) is 3.63. The number of aryl methyl sites for hydroxylation is 2. The van der Waals surface area contributed by atoms with Crippen LogP contribution in [0.15, 0.2) is 0 Å². The van der Waals surface area contributed by atoms with E-state index in [-0.39, 0.29) is 18.5 Å². The van der Waals surface area contributed by atoms with Gasteiger partial charge in [-0.1, -0.05) is 6.92 Å². The predicted octanol–water partition coefficient (Wildman–Crippen LogP) is 0.876. The van der Waals surface area contributed by atoms with Gasteiger partial charge in [0.25, 0.3) is 0 Å². The fraction of sp³-hybridized carbons (Fsp3) is 0.636. The SMILES string of the molecule is CC[C@@H](NC(=O)CNS(C)(=O)=O)c1nc(C)c(C)s1. The maximum Gasteiger partial charge on any atom is 0.235 e. The van der Waals surface area contributed by atoms with Crippen LogP contribution in [-0.4, -0.2) is 32.1 Å². The van der Waals surface area contributed by atoms with Crippen molar-refractivity contribution in [2.75, 3.05) is 12.8 Å². The van der Waals surface area contributed by atoms with Crippen molar-refractivity contribution in [2.45, 2.75) is 33.2 Å². The minimum atomic E-state index is -3.35. The average Bonchev–Trinajstić information content (AvgIpc) is 2.63. The molecule has 8 heteroatoms. The number of amides is 1. The van der Waals surface area contributed by atoms with Gasteiger partial charge in [-0.2, -0.15) is 0 Å². The summed E-state index contributed by atoms with van der Waals surface area (Å²) in [6.07, 6.45) is 1.72. The van der Waals surface area contributed by atoms with E-state index in [9.17, 15) is 13.2 Å². The standard InChI is InChI=1S/C11H19N3O3S2/c1-5-9(11-13-7(2)8(3)18-11)14-10(15)6-12-19(4,16)17/h9,12H,5-6H2,1-4H3,(H,14,15)/t9-/m1/s1. The maximum atomic E-state index is 11.7. The molecule has 1 aromatic heterocycles. The molecule has 1 aromatic rings. The van der Waals surface area contributed by atoms with Gasteiger partial charge in [0.1, 0.15) is 5.01 Å². The summed E-state index contributed by atoms with van der Waals surface area (Å²) in [6, 6.07) is -0.175. The lowest BCUT2D eigenvalue weighted by molar-refractivity contribution is -0.120. The van der Waals surface area contributed by atoms with E-state index in [0.29, 0.717) is 6.42 Å². The van der Waals surface area contributed by atoms with Gasteiger partial charge in [0.15, 0.2) is 0 Å². The molecule has 1 atom stereocenters. The van der Waals surface area contributed by atoms with Gasteiger partial charge in [-0.05, 0) is 20.3 Å². The lowest BCUT2D eigenvalue weighted by Crippen LogP contribution is -2.38. The summed E-state index contributed by atoms with van der Waals surface area (Å²) >= 11 is 1.55. The smallest absolute Gasteiger partial charge is 0.235 e. The van der Waals surface area contributed by atoms with Gasteiger partial charge in [0.05, 0.1) is 24.5 Å². The van der Waals surface area contributed by atoms with E-state index in [2.05, 4.69) is 15.0 Å². The van der Waals surface area contributed by atoms with Crippen molar-refractivity contribution in [1.82, 2.24) is 15.0 Å². The molecule has 19 heavy (non-hydrogen) atoms. The van der Waals surface area contributed by atoms with Crippen LogP contribution in [0.4, 0.5) is 0 Å². The van der Waals surface area contributed by atoms with Crippen molar-refractivity contribution < 1.29 is 13.2 Å². The van der Waals surface area contributed by atoms with Crippen LogP contribution < -0.4 is 10.0 Å². The van der Waals surface area contributed by atoms with E-state index >= 15 is 0 Å². The monoisotopic (exact) mass is 305 g/mol. The van der Waals surface area contributed by atoms with Crippen LogP contribution in [0.1, 0.15) is 35.0 Å². The Kier molecular flexibility index (Phi) is 5.45. The second-order valence-electron chi connectivity index (χ2n) is 4.32. The highest BCUT2D eigenvalue weighted by molar-refractivity contribution is 7.88. The van der Waals surface area contributed by atoms with Crippen molar-refractivity contribution in [3.63, 3.8) is 0 Å². The normalized spacial score (nSPS) is 13.3. The highest BCUT2D eigenvalue weighted by atomic mass is 32.2. The number of hydrogen-bond acceptors (Lipinski definition) is 5. The summed E-state index contributed by atoms with van der Waals surface area (Å²) in [4.78, 5) is 17.2. The number of nitrogens with one attached hydrogen (secondary N) is 2. The first-order valence-corrected chi connectivity index (χ1v) is 8.61. The van der Waals surface area contributed by atoms with Crippen molar-refractivity contribution in [2.24, 2.45) is 0 Å². The second-order valence-corrected chi connectivity index (χ2v) is 7.38. The Labute approximate surface area is 117 Å². The molecule has 0 bridgehead atoms. The van der Waals surface area contributed by atoms with Gasteiger partial charge in [-0.15, -0.1) is 11.3 Å². The summed E-state index contributed by atoms with van der Waals surface area (Å²) in [5.41, 5.74) is 0.960. The van der Waals surface area contributed by atoms with E-state index in [0.717, 1.165) is 21.8 Å². The molecular formula is C11H19N3O3S2. The molecule has 1 heterocycles. The molecule has 1 rings (SSSR count). The number of hydrogen-bond donors (Lipinski definition) is 2. The zero-order valence-corrected chi connectivity index (χ0v) is 13.1. The maximum absolute atomic E-state index is 11.7. The second kappa shape index (κ2) is 6.44. The third kappa shape index (κ3) is 5.25. The molecule has 0 aliphatic rings. The molecule has 0 radical (unpaired) electrons. The fourth-order valence-electron chi connectivity index (χ4n) is 1.43. The molecule has 0 spiro atoms. The summed E-state index contributed by atoms with van der Waals surface area (Å²) in [5.74, 6) is -0.359. The highest BCUT2D eigenvalue weighted by Gasteiger charge is 2.17. The Morgan fingerprint density at radius 3 is 2.47 bits per heavy atom. The number of nitrogens with zero attached hydrogens (tertiary/aromatic N) is 1. The molecule has 0 unspecified atom stereocenters. The Hall–Kier alpha value is -0.990. The minimum Gasteiger partial charge on any atom is -0.346 e. The number of carbonyl (C=O) groups excluding carboxylic acids is 1. The third-order valence-electron chi connectivity index (χ3n) is 2.58. The zero-order valence-electron chi connectivity index (χ0n) is 11.5. The summed E-state index contributed by atoms with van der Waals surface area (Å²) < 4.78 is 24.0. The first-order valence-electron chi connectivity index (χ1n) is 5.91. The van der Waals surface area contributed by atoms with E-state index in [1.807, 2.05) is 20.8 Å². The number of rotatable bonds is 6. The van der Waals surface area contributed by atoms with Crippen molar-refractivity contribution in [3.05, 3.63) is 15.6 Å². The van der Waals surface area contributed by atoms with E-state index in [4.69, 9.17) is 0 Å². The molecule has 1 amide bonds. The van der Waals surface area contributed by atoms with Gasteiger partial charge < -0.3 is 5.32 Å². The van der Waals surface area contributed by atoms with Crippen LogP contribution in [-0.2, 0) is 14.8 Å². The average molecular weight is 305 g/mol. The molecule has 0 saturated carbocycles. The molecule has 2 N–H and O–H groups in total. The van der Waals surface area contributed by atoms with Gasteiger partial charge in [-0.25, -0.2) is 18.1 Å². The molecule has 0 aromatic carbocycles. The predicted molar refractivity (Wildman–Crippen MR) is 75.6 cm³/mol. The molecule has 108 valence electrons. The summed E-state index contributed by atoms with van der Waals surface area (Å²) in [7, 11) is -3.35. The summed E-state index contributed by atoms with van der Waals surface area (Å²) in [6.45, 7) is 5.60. The zero-order chi connectivity index (χ0) is 14.6. The quantitative estimate of drug-likeness (QED) is 0.816. The lowest BCUT2D eigenvalue weighted by atomic mass is 10.2. The van der Waals surface area contributed by atoms with Gasteiger partial charge in [0.2, 0.25) is 15.9 Å². The van der Waals surface area contributed by atoms with E-state index in [1.54, 1.807) is 11.3 Å². The topological polar surface area (TPSA) is 88.2 Å². The lowest BCUT2D eigenvalue weighted by Gasteiger charge is -2.14. The van der Waals surface area contributed by atoms with Crippen LogP contribution in [0.5, 0.6) is 0 Å². The first-order chi connectivity index (χ1) is 8.73. The minimum absolute atomic E-state index is 0.175. The van der Waals surface area contributed by atoms with Gasteiger partial charge >= 0.3 is 0 Å².